The molecule has 0 N–H and O–H groups in total. The molecular formula is C22H25FN6O2. The third-order valence-corrected chi connectivity index (χ3v) is 5.21. The van der Waals surface area contributed by atoms with Crippen LogP contribution in [0.3, 0.4) is 0 Å². The molecule has 0 saturated carbocycles. The molecular weight excluding hydrogens is 399 g/mol. The zero-order chi connectivity index (χ0) is 22.4. The van der Waals surface area contributed by atoms with Crippen molar-refractivity contribution in [3.63, 3.8) is 0 Å². The van der Waals surface area contributed by atoms with E-state index < -0.39 is 11.2 Å². The Morgan fingerprint density at radius 3 is 2.32 bits per heavy atom. The lowest BCUT2D eigenvalue weighted by molar-refractivity contribution is 0.484. The Bertz CT molecular complexity index is 1390. The first-order valence-electron chi connectivity index (χ1n) is 10.2. The molecule has 0 fully saturated rings. The maximum absolute atomic E-state index is 13.4. The van der Waals surface area contributed by atoms with Crippen LogP contribution in [0.4, 0.5) is 4.39 Å². The second-order valence-electron chi connectivity index (χ2n) is 8.29. The van der Waals surface area contributed by atoms with Crippen molar-refractivity contribution >= 4 is 11.2 Å². The number of rotatable bonds is 5. The number of imidazole rings is 1. The molecule has 0 unspecified atom stereocenters. The number of hydrogen-bond donors (Lipinski definition) is 0. The van der Waals surface area contributed by atoms with Gasteiger partial charge in [0.1, 0.15) is 5.82 Å². The summed E-state index contributed by atoms with van der Waals surface area (Å²) in [5.41, 5.74) is 2.26. The second kappa shape index (κ2) is 7.64. The van der Waals surface area contributed by atoms with Gasteiger partial charge in [-0.1, -0.05) is 26.0 Å². The zero-order valence-electron chi connectivity index (χ0n) is 18.3. The number of aryl methyl sites for hydroxylation is 3. The Kier molecular flexibility index (Phi) is 5.12. The fourth-order valence-corrected chi connectivity index (χ4v) is 3.80. The fourth-order valence-electron chi connectivity index (χ4n) is 3.80. The van der Waals surface area contributed by atoms with E-state index in [9.17, 15) is 14.0 Å². The number of benzene rings is 1. The second-order valence-corrected chi connectivity index (χ2v) is 8.29. The van der Waals surface area contributed by atoms with Crippen LogP contribution in [-0.4, -0.2) is 28.5 Å². The van der Waals surface area contributed by atoms with Crippen LogP contribution in [0.2, 0.25) is 0 Å². The van der Waals surface area contributed by atoms with E-state index in [2.05, 4.69) is 10.1 Å². The third-order valence-electron chi connectivity index (χ3n) is 5.21. The van der Waals surface area contributed by atoms with Crippen molar-refractivity contribution < 1.29 is 4.39 Å². The third kappa shape index (κ3) is 3.60. The van der Waals surface area contributed by atoms with Crippen LogP contribution in [0, 0.1) is 25.6 Å². The molecule has 0 amide bonds. The summed E-state index contributed by atoms with van der Waals surface area (Å²) in [5.74, 6) is 0.214. The molecule has 0 spiro atoms. The average Bonchev–Trinajstić information content (AvgIpc) is 3.24. The van der Waals surface area contributed by atoms with Gasteiger partial charge in [0, 0.05) is 19.3 Å². The van der Waals surface area contributed by atoms with Gasteiger partial charge in [-0.2, -0.15) is 10.1 Å². The lowest BCUT2D eigenvalue weighted by Crippen LogP contribution is -2.40. The van der Waals surface area contributed by atoms with Crippen LogP contribution >= 0.6 is 0 Å². The van der Waals surface area contributed by atoms with Gasteiger partial charge in [0.05, 0.1) is 12.2 Å². The number of aromatic nitrogens is 6. The number of nitrogens with zero attached hydrogens (tertiary/aromatic N) is 6. The Morgan fingerprint density at radius 1 is 1.06 bits per heavy atom. The van der Waals surface area contributed by atoms with E-state index in [0.29, 0.717) is 23.7 Å². The van der Waals surface area contributed by atoms with Crippen molar-refractivity contribution in [3.05, 3.63) is 73.9 Å². The molecule has 0 bridgehead atoms. The predicted octanol–water partition coefficient (Wildman–Crippen LogP) is 2.54. The Labute approximate surface area is 178 Å². The average molecular weight is 424 g/mol. The van der Waals surface area contributed by atoms with Gasteiger partial charge in [-0.15, -0.1) is 0 Å². The van der Waals surface area contributed by atoms with Crippen molar-refractivity contribution in [2.24, 2.45) is 13.0 Å². The van der Waals surface area contributed by atoms with Gasteiger partial charge in [-0.25, -0.2) is 13.9 Å². The topological polar surface area (TPSA) is 79.6 Å². The highest BCUT2D eigenvalue weighted by Gasteiger charge is 2.23. The van der Waals surface area contributed by atoms with Gasteiger partial charge >= 0.3 is 5.69 Å². The predicted molar refractivity (Wildman–Crippen MR) is 116 cm³/mol. The molecule has 0 radical (unpaired) electrons. The molecule has 0 aliphatic carbocycles. The van der Waals surface area contributed by atoms with Gasteiger partial charge in [0.25, 0.3) is 5.56 Å². The van der Waals surface area contributed by atoms with Crippen molar-refractivity contribution in [1.82, 2.24) is 28.5 Å². The summed E-state index contributed by atoms with van der Waals surface area (Å²) in [6, 6.07) is 8.01. The monoisotopic (exact) mass is 424 g/mol. The fraction of sp³-hybridized carbons (Fsp3) is 0.364. The van der Waals surface area contributed by atoms with Crippen molar-refractivity contribution in [2.75, 3.05) is 0 Å². The van der Waals surface area contributed by atoms with Crippen LogP contribution < -0.4 is 11.2 Å². The minimum Gasteiger partial charge on any atom is -0.298 e. The van der Waals surface area contributed by atoms with Crippen LogP contribution in [0.15, 0.2) is 39.9 Å². The van der Waals surface area contributed by atoms with Gasteiger partial charge < -0.3 is 0 Å². The Balaban J connectivity index is 2.06. The van der Waals surface area contributed by atoms with Crippen LogP contribution in [-0.2, 0) is 20.1 Å². The summed E-state index contributed by atoms with van der Waals surface area (Å²) in [7, 11) is 1.61. The normalized spacial score (nSPS) is 11.7. The van der Waals surface area contributed by atoms with Crippen LogP contribution in [0.1, 0.15) is 30.8 Å². The molecule has 162 valence electrons. The summed E-state index contributed by atoms with van der Waals surface area (Å²) in [4.78, 5) is 31.0. The molecule has 9 heteroatoms. The summed E-state index contributed by atoms with van der Waals surface area (Å²) < 4.78 is 19.5. The summed E-state index contributed by atoms with van der Waals surface area (Å²) in [6.45, 7) is 8.26. The first kappa shape index (κ1) is 20.8. The molecule has 3 aromatic heterocycles. The first-order chi connectivity index (χ1) is 14.7. The van der Waals surface area contributed by atoms with E-state index in [1.54, 1.807) is 28.4 Å². The minimum atomic E-state index is -0.405. The van der Waals surface area contributed by atoms with E-state index in [0.717, 1.165) is 17.0 Å². The van der Waals surface area contributed by atoms with Crippen molar-refractivity contribution in [1.29, 1.82) is 0 Å². The molecule has 31 heavy (non-hydrogen) atoms. The molecule has 4 aromatic rings. The smallest absolute Gasteiger partial charge is 0.298 e. The Hall–Kier alpha value is -3.49. The molecule has 3 heterocycles. The number of halogens is 1. The highest BCUT2D eigenvalue weighted by atomic mass is 19.1. The van der Waals surface area contributed by atoms with Crippen molar-refractivity contribution in [2.45, 2.75) is 40.8 Å². The summed E-state index contributed by atoms with van der Waals surface area (Å²) in [6.07, 6.45) is 0. The van der Waals surface area contributed by atoms with Crippen LogP contribution in [0.25, 0.3) is 17.1 Å². The molecule has 1 aromatic carbocycles. The number of fused-ring (bicyclic) bond motifs is 1. The first-order valence-corrected chi connectivity index (χ1v) is 10.2. The van der Waals surface area contributed by atoms with Gasteiger partial charge in [-0.3, -0.25) is 18.5 Å². The molecule has 0 saturated heterocycles. The highest BCUT2D eigenvalue weighted by Crippen LogP contribution is 2.19. The molecule has 0 aliphatic heterocycles. The molecule has 4 rings (SSSR count). The molecule has 8 nitrogen and oxygen atoms in total. The lowest BCUT2D eigenvalue weighted by atomic mass is 10.2. The van der Waals surface area contributed by atoms with Crippen molar-refractivity contribution in [3.8, 4) is 5.95 Å². The maximum Gasteiger partial charge on any atom is 0.332 e. The standard InChI is InChI=1S/C22H25FN6O2/c1-13(2)11-28-20(30)18-19(26(5)22(28)31)24-21(29-15(4)10-14(3)25-29)27(18)12-16-6-8-17(23)9-7-16/h6-10,13H,11-12H2,1-5H3. The zero-order valence-corrected chi connectivity index (χ0v) is 18.3. The molecule has 0 atom stereocenters. The van der Waals surface area contributed by atoms with E-state index >= 15 is 0 Å². The quantitative estimate of drug-likeness (QED) is 0.493. The van der Waals surface area contributed by atoms with E-state index in [1.807, 2.05) is 33.8 Å². The lowest BCUT2D eigenvalue weighted by Gasteiger charge is -2.12. The van der Waals surface area contributed by atoms with Gasteiger partial charge in [-0.05, 0) is 43.5 Å². The maximum atomic E-state index is 13.4. The minimum absolute atomic E-state index is 0.117. The highest BCUT2D eigenvalue weighted by molar-refractivity contribution is 5.73. The van der Waals surface area contributed by atoms with Gasteiger partial charge in [0.15, 0.2) is 11.2 Å². The summed E-state index contributed by atoms with van der Waals surface area (Å²) in [5, 5.41) is 4.52. The van der Waals surface area contributed by atoms with Crippen LogP contribution in [0.5, 0.6) is 0 Å². The van der Waals surface area contributed by atoms with E-state index in [-0.39, 0.29) is 18.3 Å². The van der Waals surface area contributed by atoms with E-state index in [4.69, 9.17) is 0 Å². The molecule has 0 aliphatic rings. The summed E-state index contributed by atoms with van der Waals surface area (Å²) >= 11 is 0. The SMILES string of the molecule is Cc1cc(C)n(-c2nc3c(c(=O)n(CC(C)C)c(=O)n3C)n2Cc2ccc(F)cc2)n1. The number of hydrogen-bond acceptors (Lipinski definition) is 4. The van der Waals surface area contributed by atoms with E-state index in [1.165, 1.54) is 21.3 Å². The largest absolute Gasteiger partial charge is 0.332 e. The van der Waals surface area contributed by atoms with Gasteiger partial charge in [0.2, 0.25) is 5.95 Å². The Morgan fingerprint density at radius 2 is 1.74 bits per heavy atom.